The fourth-order valence-corrected chi connectivity index (χ4v) is 1.64. The summed E-state index contributed by atoms with van der Waals surface area (Å²) in [5.74, 6) is -0.518. The zero-order chi connectivity index (χ0) is 12.3. The number of halogens is 3. The van der Waals surface area contributed by atoms with E-state index in [-0.39, 0.29) is 5.82 Å². The van der Waals surface area contributed by atoms with Crippen molar-refractivity contribution in [1.82, 2.24) is 9.97 Å². The summed E-state index contributed by atoms with van der Waals surface area (Å²) in [5.41, 5.74) is 0.734. The van der Waals surface area contributed by atoms with Crippen LogP contribution in [0.4, 0.5) is 14.7 Å². The predicted octanol–water partition coefficient (Wildman–Crippen LogP) is 3.13. The second kappa shape index (κ2) is 5.18. The third kappa shape index (κ3) is 3.20. The topological polar surface area (TPSA) is 37.8 Å². The number of aromatic nitrogens is 2. The molecule has 1 N–H and O–H groups in total. The number of nitrogens with one attached hydrogen (secondary N) is 1. The Balaban J connectivity index is 2.07. The summed E-state index contributed by atoms with van der Waals surface area (Å²) in [6, 6.07) is 4.39. The van der Waals surface area contributed by atoms with Gasteiger partial charge in [-0.05, 0) is 23.8 Å². The molecule has 0 aliphatic heterocycles. The summed E-state index contributed by atoms with van der Waals surface area (Å²) in [7, 11) is 0. The van der Waals surface area contributed by atoms with Crippen molar-refractivity contribution in [2.24, 2.45) is 0 Å². The van der Waals surface area contributed by atoms with Gasteiger partial charge in [-0.15, -0.1) is 0 Å². The molecule has 0 atom stereocenters. The van der Waals surface area contributed by atoms with E-state index in [1.165, 1.54) is 12.1 Å². The zero-order valence-corrected chi connectivity index (χ0v) is 10.2. The zero-order valence-electron chi connectivity index (χ0n) is 8.62. The summed E-state index contributed by atoms with van der Waals surface area (Å²) in [5, 5.41) is 2.87. The lowest BCUT2D eigenvalue weighted by Crippen LogP contribution is -2.04. The largest absolute Gasteiger partial charge is 0.350 e. The maximum absolute atomic E-state index is 13.0. The molecule has 0 radical (unpaired) electrons. The molecule has 0 amide bonds. The van der Waals surface area contributed by atoms with E-state index in [1.807, 2.05) is 0 Å². The Morgan fingerprint density at radius 3 is 2.53 bits per heavy atom. The molecule has 0 bridgehead atoms. The van der Waals surface area contributed by atoms with E-state index < -0.39 is 5.82 Å². The highest BCUT2D eigenvalue weighted by molar-refractivity contribution is 9.10. The Morgan fingerprint density at radius 2 is 1.82 bits per heavy atom. The lowest BCUT2D eigenvalue weighted by atomic mass is 10.2. The number of hydrogen-bond acceptors (Lipinski definition) is 3. The molecule has 6 heteroatoms. The van der Waals surface area contributed by atoms with E-state index in [1.54, 1.807) is 6.07 Å². The molecular formula is C11H8BrF2N3. The van der Waals surface area contributed by atoms with Gasteiger partial charge in [0.2, 0.25) is 5.95 Å². The molecule has 0 saturated carbocycles. The Bertz CT molecular complexity index is 517. The van der Waals surface area contributed by atoms with E-state index in [9.17, 15) is 8.78 Å². The standard InChI is InChI=1S/C11H8BrF2N3/c12-10-2-1-8(13)3-7(10)4-15-11-16-5-9(14)6-17-11/h1-3,5-6H,4H2,(H,15,16,17). The Kier molecular flexibility index (Phi) is 3.63. The highest BCUT2D eigenvalue weighted by Gasteiger charge is 2.03. The van der Waals surface area contributed by atoms with Gasteiger partial charge in [0.15, 0.2) is 5.82 Å². The van der Waals surface area contributed by atoms with Crippen molar-refractivity contribution in [3.63, 3.8) is 0 Å². The van der Waals surface area contributed by atoms with Gasteiger partial charge in [0.05, 0.1) is 12.4 Å². The molecule has 88 valence electrons. The van der Waals surface area contributed by atoms with Gasteiger partial charge in [-0.1, -0.05) is 15.9 Å². The van der Waals surface area contributed by atoms with Crippen molar-refractivity contribution < 1.29 is 8.78 Å². The van der Waals surface area contributed by atoms with Crippen LogP contribution in [0.5, 0.6) is 0 Å². The first-order valence-electron chi connectivity index (χ1n) is 4.80. The van der Waals surface area contributed by atoms with Crippen molar-refractivity contribution in [2.45, 2.75) is 6.54 Å². The van der Waals surface area contributed by atoms with Gasteiger partial charge in [0.1, 0.15) is 5.82 Å². The van der Waals surface area contributed by atoms with Gasteiger partial charge in [0.25, 0.3) is 0 Å². The van der Waals surface area contributed by atoms with Crippen molar-refractivity contribution in [3.05, 3.63) is 52.3 Å². The van der Waals surface area contributed by atoms with E-state index in [4.69, 9.17) is 0 Å². The number of hydrogen-bond donors (Lipinski definition) is 1. The molecular weight excluding hydrogens is 292 g/mol. The lowest BCUT2D eigenvalue weighted by molar-refractivity contribution is 0.614. The van der Waals surface area contributed by atoms with Gasteiger partial charge < -0.3 is 5.32 Å². The van der Waals surface area contributed by atoms with Crippen LogP contribution in [0.1, 0.15) is 5.56 Å². The SMILES string of the molecule is Fc1cnc(NCc2cc(F)ccc2Br)nc1. The van der Waals surface area contributed by atoms with Crippen LogP contribution in [-0.2, 0) is 6.54 Å². The first-order valence-corrected chi connectivity index (χ1v) is 5.60. The second-order valence-electron chi connectivity index (χ2n) is 3.31. The molecule has 0 aliphatic carbocycles. The maximum Gasteiger partial charge on any atom is 0.223 e. The van der Waals surface area contributed by atoms with Crippen LogP contribution in [-0.4, -0.2) is 9.97 Å². The highest BCUT2D eigenvalue weighted by Crippen LogP contribution is 2.18. The van der Waals surface area contributed by atoms with Crippen LogP contribution in [0.25, 0.3) is 0 Å². The van der Waals surface area contributed by atoms with Crippen LogP contribution in [0.2, 0.25) is 0 Å². The molecule has 0 unspecified atom stereocenters. The average Bonchev–Trinajstić information content (AvgIpc) is 2.32. The van der Waals surface area contributed by atoms with Gasteiger partial charge in [-0.3, -0.25) is 0 Å². The third-order valence-corrected chi connectivity index (χ3v) is 2.84. The van der Waals surface area contributed by atoms with Crippen LogP contribution >= 0.6 is 15.9 Å². The second-order valence-corrected chi connectivity index (χ2v) is 4.17. The van der Waals surface area contributed by atoms with Gasteiger partial charge >= 0.3 is 0 Å². The highest BCUT2D eigenvalue weighted by atomic mass is 79.9. The van der Waals surface area contributed by atoms with Gasteiger partial charge in [-0.25, -0.2) is 18.7 Å². The van der Waals surface area contributed by atoms with E-state index in [0.29, 0.717) is 12.5 Å². The van der Waals surface area contributed by atoms with Gasteiger partial charge in [-0.2, -0.15) is 0 Å². The Hall–Kier alpha value is -1.56. The van der Waals surface area contributed by atoms with E-state index in [0.717, 1.165) is 22.4 Å². The molecule has 0 spiro atoms. The Morgan fingerprint density at radius 1 is 1.12 bits per heavy atom. The average molecular weight is 300 g/mol. The first-order chi connectivity index (χ1) is 8.15. The van der Waals surface area contributed by atoms with Crippen LogP contribution in [0, 0.1) is 11.6 Å². The van der Waals surface area contributed by atoms with Crippen molar-refractivity contribution in [2.75, 3.05) is 5.32 Å². The minimum absolute atomic E-state index is 0.294. The minimum Gasteiger partial charge on any atom is -0.350 e. The molecule has 1 aromatic heterocycles. The third-order valence-electron chi connectivity index (χ3n) is 2.07. The monoisotopic (exact) mass is 299 g/mol. The van der Waals surface area contributed by atoms with Crippen molar-refractivity contribution in [3.8, 4) is 0 Å². The number of anilines is 1. The Labute approximate surface area is 105 Å². The molecule has 2 rings (SSSR count). The van der Waals surface area contributed by atoms with E-state index in [2.05, 4.69) is 31.2 Å². The smallest absolute Gasteiger partial charge is 0.223 e. The molecule has 0 aliphatic rings. The summed E-state index contributed by atoms with van der Waals surface area (Å²) in [4.78, 5) is 7.48. The normalized spacial score (nSPS) is 10.3. The summed E-state index contributed by atoms with van der Waals surface area (Å²) >= 11 is 3.31. The summed E-state index contributed by atoms with van der Waals surface area (Å²) in [6.07, 6.45) is 2.13. The van der Waals surface area contributed by atoms with Crippen LogP contribution in [0.15, 0.2) is 35.1 Å². The number of benzene rings is 1. The summed E-state index contributed by atoms with van der Waals surface area (Å²) in [6.45, 7) is 0.351. The first kappa shape index (κ1) is 11.9. The fraction of sp³-hybridized carbons (Fsp3) is 0.0909. The van der Waals surface area contributed by atoms with Gasteiger partial charge in [0, 0.05) is 11.0 Å². The molecule has 0 fully saturated rings. The van der Waals surface area contributed by atoms with Crippen molar-refractivity contribution >= 4 is 21.9 Å². The number of rotatable bonds is 3. The predicted molar refractivity (Wildman–Crippen MR) is 63.4 cm³/mol. The van der Waals surface area contributed by atoms with Crippen LogP contribution < -0.4 is 5.32 Å². The molecule has 3 nitrogen and oxygen atoms in total. The van der Waals surface area contributed by atoms with Crippen molar-refractivity contribution in [1.29, 1.82) is 0 Å². The number of nitrogens with zero attached hydrogens (tertiary/aromatic N) is 2. The quantitative estimate of drug-likeness (QED) is 0.946. The molecule has 1 heterocycles. The lowest BCUT2D eigenvalue weighted by Gasteiger charge is -2.06. The molecule has 1 aromatic carbocycles. The molecule has 17 heavy (non-hydrogen) atoms. The molecule has 0 saturated heterocycles. The van der Waals surface area contributed by atoms with E-state index >= 15 is 0 Å². The maximum atomic E-state index is 13.0. The fourth-order valence-electron chi connectivity index (χ4n) is 1.26. The summed E-state index contributed by atoms with van der Waals surface area (Å²) < 4.78 is 26.3. The molecule has 2 aromatic rings. The van der Waals surface area contributed by atoms with Crippen LogP contribution in [0.3, 0.4) is 0 Å². The minimum atomic E-state index is -0.498.